The van der Waals surface area contributed by atoms with E-state index >= 15 is 0 Å². The summed E-state index contributed by atoms with van der Waals surface area (Å²) < 4.78 is 38.0. The molecule has 6 rings (SSSR count). The first kappa shape index (κ1) is 38.4. The maximum absolute atomic E-state index is 13.8. The fourth-order valence-electron chi connectivity index (χ4n) is 6.50. The molecule has 1 fully saturated rings. The highest BCUT2D eigenvalue weighted by Crippen LogP contribution is 2.34. The van der Waals surface area contributed by atoms with E-state index in [1.54, 1.807) is 36.1 Å². The van der Waals surface area contributed by atoms with Crippen LogP contribution in [0, 0.1) is 5.82 Å². The average molecular weight is 740 g/mol. The number of nitrogens with two attached hydrogens (primary N) is 2. The number of ether oxygens (including phenoxy) is 4. The van der Waals surface area contributed by atoms with Gasteiger partial charge in [-0.15, -0.1) is 0 Å². The van der Waals surface area contributed by atoms with Gasteiger partial charge in [-0.3, -0.25) is 9.59 Å². The Morgan fingerprint density at radius 2 is 1.76 bits per heavy atom. The molecular formula is C41H46FN5O7. The van der Waals surface area contributed by atoms with Gasteiger partial charge in [-0.25, -0.2) is 4.39 Å². The second kappa shape index (κ2) is 17.2. The number of dihydropyridines is 1. The van der Waals surface area contributed by atoms with Gasteiger partial charge in [-0.05, 0) is 90.1 Å². The van der Waals surface area contributed by atoms with E-state index in [0.29, 0.717) is 62.0 Å². The van der Waals surface area contributed by atoms with E-state index in [9.17, 15) is 19.1 Å². The molecule has 2 atom stereocenters. The summed E-state index contributed by atoms with van der Waals surface area (Å²) in [5.74, 6) is 0.0214. The van der Waals surface area contributed by atoms with Gasteiger partial charge in [0, 0.05) is 61.7 Å². The smallest absolute Gasteiger partial charge is 0.261 e. The van der Waals surface area contributed by atoms with Crippen molar-refractivity contribution in [2.45, 2.75) is 44.1 Å². The summed E-state index contributed by atoms with van der Waals surface area (Å²) in [6.45, 7) is 3.75. The molecule has 12 nitrogen and oxygen atoms in total. The monoisotopic (exact) mass is 739 g/mol. The summed E-state index contributed by atoms with van der Waals surface area (Å²) in [7, 11) is 1.56. The van der Waals surface area contributed by atoms with Crippen molar-refractivity contribution in [2.24, 2.45) is 11.5 Å². The maximum Gasteiger partial charge on any atom is 0.261 e. The lowest BCUT2D eigenvalue weighted by atomic mass is 9.91. The Hall–Kier alpha value is -5.31. The maximum atomic E-state index is 13.8. The van der Waals surface area contributed by atoms with Crippen molar-refractivity contribution in [1.82, 2.24) is 9.88 Å². The number of hydrogen-bond acceptors (Lipinski definition) is 10. The van der Waals surface area contributed by atoms with Crippen LogP contribution in [0.15, 0.2) is 96.2 Å². The first-order valence-corrected chi connectivity index (χ1v) is 17.8. The van der Waals surface area contributed by atoms with Crippen LogP contribution in [0.3, 0.4) is 0 Å². The second-order valence-corrected chi connectivity index (χ2v) is 13.4. The Morgan fingerprint density at radius 3 is 2.44 bits per heavy atom. The molecule has 1 aromatic heterocycles. The van der Waals surface area contributed by atoms with Gasteiger partial charge < -0.3 is 50.7 Å². The van der Waals surface area contributed by atoms with Crippen molar-refractivity contribution in [1.29, 1.82) is 0 Å². The minimum Gasteiger partial charge on any atom is -0.493 e. The predicted molar refractivity (Wildman–Crippen MR) is 206 cm³/mol. The van der Waals surface area contributed by atoms with Crippen LogP contribution in [0.5, 0.6) is 11.5 Å². The van der Waals surface area contributed by atoms with Crippen LogP contribution in [0.4, 0.5) is 10.1 Å². The number of carbonyl (C=O) groups excluding carboxylic acids is 1. The largest absolute Gasteiger partial charge is 0.493 e. The molecule has 3 aromatic carbocycles. The highest BCUT2D eigenvalue weighted by molar-refractivity contribution is 6.04. The standard InChI is InChI=1S/C41H46FN5O7/c1-3-53-32(23-48)24-54-36-13-8-28(19-37(36)51-2)29-18-33(39(43)45-20-29)26-6-11-31(12-7-26)46-40(50)35-22-47(25-41(44)14-16-52-17-15-41)21-34(38(35)49)27-4-9-30(42)10-5-27/h4-13,18-22,32,39,45,48H,3,14-17,23-25,43-44H2,1-2H3,(H,46,50)/t32-,39?/m1/s1. The van der Waals surface area contributed by atoms with Gasteiger partial charge in [-0.1, -0.05) is 30.3 Å². The van der Waals surface area contributed by atoms with Crippen LogP contribution in [0.25, 0.3) is 22.3 Å². The molecule has 2 aliphatic heterocycles. The fourth-order valence-corrected chi connectivity index (χ4v) is 6.50. The number of nitrogens with one attached hydrogen (secondary N) is 2. The normalized spacial score (nSPS) is 17.1. The van der Waals surface area contributed by atoms with Gasteiger partial charge in [0.15, 0.2) is 11.5 Å². The van der Waals surface area contributed by atoms with Gasteiger partial charge >= 0.3 is 0 Å². The molecule has 284 valence electrons. The molecule has 0 spiro atoms. The number of nitrogens with zero attached hydrogens (tertiary/aromatic N) is 1. The van der Waals surface area contributed by atoms with Crippen LogP contribution in [-0.2, 0) is 16.0 Å². The molecule has 1 amide bonds. The molecular weight excluding hydrogens is 693 g/mol. The number of anilines is 1. The van der Waals surface area contributed by atoms with Crippen LogP contribution in [0.2, 0.25) is 0 Å². The zero-order valence-electron chi connectivity index (χ0n) is 30.3. The summed E-state index contributed by atoms with van der Waals surface area (Å²) in [6.07, 6.45) is 7.31. The summed E-state index contributed by atoms with van der Waals surface area (Å²) in [4.78, 5) is 27.4. The fraction of sp³-hybridized carbons (Fsp3) is 0.317. The molecule has 0 radical (unpaired) electrons. The van der Waals surface area contributed by atoms with Crippen molar-refractivity contribution in [3.8, 4) is 22.6 Å². The number of aliphatic hydroxyl groups is 1. The minimum absolute atomic E-state index is 0.0677. The number of benzene rings is 3. The molecule has 0 saturated carbocycles. The molecule has 3 heterocycles. The number of hydrogen-bond donors (Lipinski definition) is 5. The van der Waals surface area contributed by atoms with E-state index in [0.717, 1.165) is 22.3 Å². The minimum atomic E-state index is -0.588. The third kappa shape index (κ3) is 9.07. The summed E-state index contributed by atoms with van der Waals surface area (Å²) in [5.41, 5.74) is 16.6. The number of aromatic nitrogens is 1. The molecule has 0 bridgehead atoms. The SMILES string of the molecule is CCO[C@H](CO)COc1ccc(C2=CNC(N)C(c3ccc(NC(=O)c4cn(CC5(N)CCOCC5)cc(-c5ccc(F)cc5)c4=O)cc3)=C2)cc1OC. The Bertz CT molecular complexity index is 2060. The third-order valence-electron chi connectivity index (χ3n) is 9.53. The average Bonchev–Trinajstić information content (AvgIpc) is 3.18. The van der Waals surface area contributed by atoms with Crippen molar-refractivity contribution < 1.29 is 33.2 Å². The van der Waals surface area contributed by atoms with Crippen LogP contribution in [-0.4, -0.2) is 73.5 Å². The number of methoxy groups -OCH3 is 1. The number of pyridine rings is 1. The highest BCUT2D eigenvalue weighted by Gasteiger charge is 2.29. The van der Waals surface area contributed by atoms with Crippen molar-refractivity contribution >= 4 is 22.7 Å². The highest BCUT2D eigenvalue weighted by atomic mass is 19.1. The molecule has 0 aliphatic carbocycles. The van der Waals surface area contributed by atoms with E-state index in [1.165, 1.54) is 30.5 Å². The number of halogens is 1. The van der Waals surface area contributed by atoms with Gasteiger partial charge in [0.05, 0.1) is 13.7 Å². The third-order valence-corrected chi connectivity index (χ3v) is 9.53. The van der Waals surface area contributed by atoms with E-state index in [4.69, 9.17) is 30.4 Å². The van der Waals surface area contributed by atoms with Gasteiger partial charge in [0.2, 0.25) is 5.43 Å². The number of rotatable bonds is 14. The predicted octanol–water partition coefficient (Wildman–Crippen LogP) is 4.51. The summed E-state index contributed by atoms with van der Waals surface area (Å²) in [5, 5.41) is 15.6. The van der Waals surface area contributed by atoms with Crippen LogP contribution in [0.1, 0.15) is 41.3 Å². The number of amides is 1. The number of allylic oxidation sites excluding steroid dienone is 2. The summed E-state index contributed by atoms with van der Waals surface area (Å²) >= 11 is 0. The molecule has 1 saturated heterocycles. The molecule has 1 unspecified atom stereocenters. The quantitative estimate of drug-likeness (QED) is 0.124. The van der Waals surface area contributed by atoms with E-state index in [2.05, 4.69) is 10.6 Å². The number of aliphatic hydroxyl groups excluding tert-OH is 1. The first-order chi connectivity index (χ1) is 26.1. The van der Waals surface area contributed by atoms with E-state index < -0.39 is 35.0 Å². The lowest BCUT2D eigenvalue weighted by Gasteiger charge is -2.34. The van der Waals surface area contributed by atoms with Crippen LogP contribution < -0.4 is 37.0 Å². The molecule has 54 heavy (non-hydrogen) atoms. The molecule has 7 N–H and O–H groups in total. The zero-order chi connectivity index (χ0) is 38.2. The Morgan fingerprint density at radius 1 is 1.06 bits per heavy atom. The lowest BCUT2D eigenvalue weighted by molar-refractivity contribution is -0.00807. The van der Waals surface area contributed by atoms with Crippen molar-refractivity contribution in [2.75, 3.05) is 45.5 Å². The molecule has 13 heteroatoms. The summed E-state index contributed by atoms with van der Waals surface area (Å²) in [6, 6.07) is 18.3. The Labute approximate surface area is 313 Å². The Kier molecular flexibility index (Phi) is 12.3. The Balaban J connectivity index is 1.21. The van der Waals surface area contributed by atoms with Gasteiger partial charge in [0.25, 0.3) is 5.91 Å². The van der Waals surface area contributed by atoms with Gasteiger partial charge in [-0.2, -0.15) is 0 Å². The van der Waals surface area contributed by atoms with E-state index in [-0.39, 0.29) is 24.3 Å². The lowest BCUT2D eigenvalue weighted by Crippen LogP contribution is -2.48. The second-order valence-electron chi connectivity index (χ2n) is 13.4. The van der Waals surface area contributed by atoms with E-state index in [1.807, 2.05) is 43.5 Å². The topological polar surface area (TPSA) is 172 Å². The first-order valence-electron chi connectivity index (χ1n) is 17.8. The van der Waals surface area contributed by atoms with Crippen molar-refractivity contribution in [3.05, 3.63) is 124 Å². The van der Waals surface area contributed by atoms with Crippen molar-refractivity contribution in [3.63, 3.8) is 0 Å². The van der Waals surface area contributed by atoms with Gasteiger partial charge in [0.1, 0.15) is 30.3 Å². The number of carbonyl (C=O) groups is 1. The molecule has 2 aliphatic rings. The van der Waals surface area contributed by atoms with Crippen LogP contribution >= 0.6 is 0 Å². The molecule has 4 aromatic rings. The zero-order valence-corrected chi connectivity index (χ0v) is 30.3.